The molecular weight excluding hydrogens is 412 g/mol. The molecule has 3 rings (SSSR count). The Balaban J connectivity index is 1.49. The van der Waals surface area contributed by atoms with Crippen LogP contribution >= 0.6 is 27.7 Å². The van der Waals surface area contributed by atoms with Crippen LogP contribution in [0.25, 0.3) is 10.8 Å². The van der Waals surface area contributed by atoms with E-state index in [1.807, 2.05) is 24.3 Å². The quantitative estimate of drug-likeness (QED) is 0.595. The van der Waals surface area contributed by atoms with Crippen LogP contribution in [0, 0.1) is 0 Å². The molecule has 0 aromatic heterocycles. The number of thioether (sulfide) groups is 1. The van der Waals surface area contributed by atoms with Gasteiger partial charge < -0.3 is 0 Å². The normalized spacial score (nSPS) is 10.5. The van der Waals surface area contributed by atoms with Gasteiger partial charge in [-0.25, -0.2) is 0 Å². The van der Waals surface area contributed by atoms with E-state index >= 15 is 0 Å². The Hall–Kier alpha value is -2.31. The lowest BCUT2D eigenvalue weighted by Gasteiger charge is -2.09. The molecule has 2 N–H and O–H groups in total. The minimum absolute atomic E-state index is 0.240. The number of hydrogen-bond acceptors (Lipinski definition) is 3. The van der Waals surface area contributed by atoms with Crippen LogP contribution in [0.15, 0.2) is 71.2 Å². The number of nitrogens with one attached hydrogen (secondary N) is 2. The van der Waals surface area contributed by atoms with E-state index in [1.165, 1.54) is 28.1 Å². The lowest BCUT2D eigenvalue weighted by atomic mass is 10.1. The first kappa shape index (κ1) is 18.5. The average Bonchev–Trinajstić information content (AvgIpc) is 2.66. The van der Waals surface area contributed by atoms with E-state index in [0.717, 1.165) is 5.75 Å². The summed E-state index contributed by atoms with van der Waals surface area (Å²) in [6.45, 7) is 0. The first-order valence-corrected chi connectivity index (χ1v) is 9.98. The van der Waals surface area contributed by atoms with Crippen molar-refractivity contribution in [2.24, 2.45) is 0 Å². The van der Waals surface area contributed by atoms with Crippen molar-refractivity contribution >= 4 is 50.3 Å². The van der Waals surface area contributed by atoms with Crippen molar-refractivity contribution in [3.63, 3.8) is 0 Å². The maximum absolute atomic E-state index is 12.0. The molecule has 0 atom stereocenters. The molecule has 6 heteroatoms. The second kappa shape index (κ2) is 8.87. The SMILES string of the molecule is O=C(CSCc1cccc2ccccc12)NNC(=O)c1ccccc1Br. The number of halogens is 1. The number of hydrazine groups is 1. The summed E-state index contributed by atoms with van der Waals surface area (Å²) in [7, 11) is 0. The third-order valence-corrected chi connectivity index (χ3v) is 5.48. The van der Waals surface area contributed by atoms with Gasteiger partial charge in [0.2, 0.25) is 5.91 Å². The summed E-state index contributed by atoms with van der Waals surface area (Å²) >= 11 is 4.82. The van der Waals surface area contributed by atoms with E-state index in [9.17, 15) is 9.59 Å². The Morgan fingerprint density at radius 1 is 0.885 bits per heavy atom. The summed E-state index contributed by atoms with van der Waals surface area (Å²) in [5, 5.41) is 2.39. The van der Waals surface area contributed by atoms with Crippen molar-refractivity contribution in [1.82, 2.24) is 10.9 Å². The summed E-state index contributed by atoms with van der Waals surface area (Å²) in [6, 6.07) is 21.4. The first-order valence-electron chi connectivity index (χ1n) is 8.03. The van der Waals surface area contributed by atoms with Crippen LogP contribution in [0.3, 0.4) is 0 Å². The molecule has 0 aliphatic carbocycles. The number of rotatable bonds is 5. The zero-order valence-corrected chi connectivity index (χ0v) is 16.3. The summed E-state index contributed by atoms with van der Waals surface area (Å²) < 4.78 is 0.678. The fraction of sp³-hybridized carbons (Fsp3) is 0.100. The molecule has 0 fully saturated rings. The molecule has 4 nitrogen and oxygen atoms in total. The van der Waals surface area contributed by atoms with Crippen molar-refractivity contribution in [3.8, 4) is 0 Å². The molecule has 2 amide bonds. The number of carbonyl (C=O) groups excluding carboxylic acids is 2. The molecule has 0 radical (unpaired) electrons. The van der Waals surface area contributed by atoms with E-state index < -0.39 is 0 Å². The molecule has 132 valence electrons. The monoisotopic (exact) mass is 428 g/mol. The Morgan fingerprint density at radius 3 is 2.46 bits per heavy atom. The predicted molar refractivity (Wildman–Crippen MR) is 110 cm³/mol. The maximum atomic E-state index is 12.0. The van der Waals surface area contributed by atoms with Crippen molar-refractivity contribution < 1.29 is 9.59 Å². The Morgan fingerprint density at radius 2 is 1.62 bits per heavy atom. The number of fused-ring (bicyclic) bond motifs is 1. The molecule has 0 spiro atoms. The second-order valence-electron chi connectivity index (χ2n) is 5.61. The molecule has 0 heterocycles. The number of hydrogen-bond donors (Lipinski definition) is 2. The molecule has 3 aromatic carbocycles. The smallest absolute Gasteiger partial charge is 0.270 e. The molecule has 0 saturated heterocycles. The van der Waals surface area contributed by atoms with Crippen LogP contribution in [0.5, 0.6) is 0 Å². The maximum Gasteiger partial charge on any atom is 0.270 e. The summed E-state index contributed by atoms with van der Waals surface area (Å²) in [5.41, 5.74) is 6.55. The summed E-state index contributed by atoms with van der Waals surface area (Å²) in [6.07, 6.45) is 0. The molecule has 0 aliphatic heterocycles. The van der Waals surface area contributed by atoms with Crippen LogP contribution < -0.4 is 10.9 Å². The summed E-state index contributed by atoms with van der Waals surface area (Å²) in [4.78, 5) is 24.0. The molecule has 0 unspecified atom stereocenters. The molecular formula is C20H17BrN2O2S. The third kappa shape index (κ3) is 4.65. The number of benzene rings is 3. The van der Waals surface area contributed by atoms with Gasteiger partial charge in [0.1, 0.15) is 0 Å². The second-order valence-corrected chi connectivity index (χ2v) is 7.45. The van der Waals surface area contributed by atoms with Crippen LogP contribution in [0.4, 0.5) is 0 Å². The Labute approximate surface area is 164 Å². The van der Waals surface area contributed by atoms with Crippen LogP contribution in [-0.4, -0.2) is 17.6 Å². The standard InChI is InChI=1S/C20H17BrN2O2S/c21-18-11-4-3-10-17(18)20(25)23-22-19(24)13-26-12-15-8-5-7-14-6-1-2-9-16(14)15/h1-11H,12-13H2,(H,22,24)(H,23,25). The number of carbonyl (C=O) groups is 2. The van der Waals surface area contributed by atoms with E-state index in [-0.39, 0.29) is 17.6 Å². The Bertz CT molecular complexity index is 941. The van der Waals surface area contributed by atoms with Crippen molar-refractivity contribution in [2.45, 2.75) is 5.75 Å². The van der Waals surface area contributed by atoms with E-state index in [0.29, 0.717) is 10.0 Å². The highest BCUT2D eigenvalue weighted by Gasteiger charge is 2.10. The fourth-order valence-corrected chi connectivity index (χ4v) is 3.84. The van der Waals surface area contributed by atoms with Crippen molar-refractivity contribution in [3.05, 3.63) is 82.3 Å². The van der Waals surface area contributed by atoms with Gasteiger partial charge in [-0.05, 0) is 44.4 Å². The summed E-state index contributed by atoms with van der Waals surface area (Å²) in [5.74, 6) is 0.396. The molecule has 3 aromatic rings. The van der Waals surface area contributed by atoms with Gasteiger partial charge in [0, 0.05) is 10.2 Å². The number of amides is 2. The van der Waals surface area contributed by atoms with Crippen molar-refractivity contribution in [2.75, 3.05) is 5.75 Å². The van der Waals surface area contributed by atoms with Crippen LogP contribution in [-0.2, 0) is 10.5 Å². The van der Waals surface area contributed by atoms with Gasteiger partial charge in [-0.3, -0.25) is 20.4 Å². The van der Waals surface area contributed by atoms with Gasteiger partial charge in [-0.15, -0.1) is 11.8 Å². The largest absolute Gasteiger partial charge is 0.272 e. The minimum Gasteiger partial charge on any atom is -0.272 e. The molecule has 26 heavy (non-hydrogen) atoms. The van der Waals surface area contributed by atoms with E-state index in [2.05, 4.69) is 51.0 Å². The van der Waals surface area contributed by atoms with Gasteiger partial charge in [0.15, 0.2) is 0 Å². The lowest BCUT2D eigenvalue weighted by molar-refractivity contribution is -0.119. The topological polar surface area (TPSA) is 58.2 Å². The minimum atomic E-state index is -0.357. The van der Waals surface area contributed by atoms with Gasteiger partial charge >= 0.3 is 0 Å². The first-order chi connectivity index (χ1) is 12.6. The lowest BCUT2D eigenvalue weighted by Crippen LogP contribution is -2.42. The zero-order chi connectivity index (χ0) is 18.4. The van der Waals surface area contributed by atoms with Gasteiger partial charge in [-0.2, -0.15) is 0 Å². The van der Waals surface area contributed by atoms with E-state index in [4.69, 9.17) is 0 Å². The third-order valence-electron chi connectivity index (χ3n) is 3.80. The highest BCUT2D eigenvalue weighted by Crippen LogP contribution is 2.22. The Kier molecular flexibility index (Phi) is 6.30. The highest BCUT2D eigenvalue weighted by molar-refractivity contribution is 9.10. The average molecular weight is 429 g/mol. The highest BCUT2D eigenvalue weighted by atomic mass is 79.9. The zero-order valence-electron chi connectivity index (χ0n) is 13.9. The van der Waals surface area contributed by atoms with Gasteiger partial charge in [0.25, 0.3) is 5.91 Å². The van der Waals surface area contributed by atoms with Crippen LogP contribution in [0.2, 0.25) is 0 Å². The van der Waals surface area contributed by atoms with E-state index in [1.54, 1.807) is 18.2 Å². The molecule has 0 aliphatic rings. The molecule has 0 bridgehead atoms. The molecule has 0 saturated carbocycles. The fourth-order valence-electron chi connectivity index (χ4n) is 2.55. The predicted octanol–water partition coefficient (Wildman–Crippen LogP) is 4.30. The van der Waals surface area contributed by atoms with Gasteiger partial charge in [-0.1, -0.05) is 54.6 Å². The van der Waals surface area contributed by atoms with Crippen LogP contribution in [0.1, 0.15) is 15.9 Å². The van der Waals surface area contributed by atoms with Crippen molar-refractivity contribution in [1.29, 1.82) is 0 Å². The van der Waals surface area contributed by atoms with Gasteiger partial charge in [0.05, 0.1) is 11.3 Å².